The molecule has 0 saturated carbocycles. The molecule has 0 unspecified atom stereocenters. The fourth-order valence-electron chi connectivity index (χ4n) is 1.66. The molecule has 22 heavy (non-hydrogen) atoms. The molecule has 0 saturated heterocycles. The largest absolute Gasteiger partial charge is 0.411 e. The van der Waals surface area contributed by atoms with E-state index in [1.165, 1.54) is 23.9 Å². The van der Waals surface area contributed by atoms with Crippen molar-refractivity contribution in [1.82, 2.24) is 15.5 Å². The van der Waals surface area contributed by atoms with E-state index in [0.717, 1.165) is 6.42 Å². The van der Waals surface area contributed by atoms with Crippen molar-refractivity contribution >= 4 is 17.7 Å². The highest BCUT2D eigenvalue weighted by molar-refractivity contribution is 7.99. The van der Waals surface area contributed by atoms with Crippen molar-refractivity contribution in [2.24, 2.45) is 5.92 Å². The number of nitrogens with zero attached hydrogens (tertiary/aromatic N) is 2. The van der Waals surface area contributed by atoms with Crippen LogP contribution in [0, 0.1) is 11.7 Å². The van der Waals surface area contributed by atoms with E-state index >= 15 is 0 Å². The Morgan fingerprint density at radius 1 is 1.32 bits per heavy atom. The maximum Gasteiger partial charge on any atom is 0.277 e. The van der Waals surface area contributed by atoms with E-state index in [2.05, 4.69) is 29.4 Å². The minimum atomic E-state index is -0.323. The van der Waals surface area contributed by atoms with Gasteiger partial charge in [0.05, 0.1) is 5.75 Å². The molecule has 1 N–H and O–H groups in total. The normalized spacial score (nSPS) is 10.9. The van der Waals surface area contributed by atoms with Crippen molar-refractivity contribution in [3.05, 3.63) is 30.1 Å². The van der Waals surface area contributed by atoms with Gasteiger partial charge in [-0.15, -0.1) is 10.2 Å². The van der Waals surface area contributed by atoms with Crippen molar-refractivity contribution in [3.63, 3.8) is 0 Å². The predicted molar refractivity (Wildman–Crippen MR) is 82.9 cm³/mol. The Labute approximate surface area is 132 Å². The number of nitrogens with one attached hydrogen (secondary N) is 1. The van der Waals surface area contributed by atoms with Crippen LogP contribution in [0.15, 0.2) is 33.9 Å². The quantitative estimate of drug-likeness (QED) is 0.793. The molecule has 5 nitrogen and oxygen atoms in total. The van der Waals surface area contributed by atoms with Gasteiger partial charge in [0.25, 0.3) is 5.22 Å². The summed E-state index contributed by atoms with van der Waals surface area (Å²) in [7, 11) is 0. The van der Waals surface area contributed by atoms with Gasteiger partial charge in [0.1, 0.15) is 5.82 Å². The van der Waals surface area contributed by atoms with Crippen LogP contribution in [0.4, 0.5) is 4.39 Å². The molecule has 0 atom stereocenters. The molecule has 0 fully saturated rings. The molecule has 0 spiro atoms. The first kappa shape index (κ1) is 16.5. The van der Waals surface area contributed by atoms with E-state index in [1.54, 1.807) is 12.1 Å². The highest BCUT2D eigenvalue weighted by atomic mass is 32.2. The molecular formula is C15H18FN3O2S. The maximum absolute atomic E-state index is 12.9. The van der Waals surface area contributed by atoms with E-state index in [4.69, 9.17) is 4.42 Å². The van der Waals surface area contributed by atoms with Gasteiger partial charge in [-0.25, -0.2) is 4.39 Å². The Morgan fingerprint density at radius 3 is 2.73 bits per heavy atom. The summed E-state index contributed by atoms with van der Waals surface area (Å²) >= 11 is 1.18. The number of aromatic nitrogens is 2. The third-order valence-electron chi connectivity index (χ3n) is 2.87. The van der Waals surface area contributed by atoms with E-state index in [0.29, 0.717) is 29.1 Å². The molecule has 1 aromatic heterocycles. The number of halogens is 1. The van der Waals surface area contributed by atoms with Crippen LogP contribution >= 0.6 is 11.8 Å². The Bertz CT molecular complexity index is 614. The van der Waals surface area contributed by atoms with Gasteiger partial charge in [0, 0.05) is 12.1 Å². The van der Waals surface area contributed by atoms with Crippen LogP contribution in [0.3, 0.4) is 0 Å². The van der Waals surface area contributed by atoms with Crippen LogP contribution in [0.25, 0.3) is 11.5 Å². The van der Waals surface area contributed by atoms with E-state index in [-0.39, 0.29) is 17.5 Å². The summed E-state index contributed by atoms with van der Waals surface area (Å²) in [5.74, 6) is 0.705. The highest BCUT2D eigenvalue weighted by Crippen LogP contribution is 2.23. The zero-order valence-corrected chi connectivity index (χ0v) is 13.3. The number of rotatable bonds is 7. The number of thioether (sulfide) groups is 1. The number of benzene rings is 1. The summed E-state index contributed by atoms with van der Waals surface area (Å²) < 4.78 is 18.3. The predicted octanol–water partition coefficient (Wildman–Crippen LogP) is 3.13. The van der Waals surface area contributed by atoms with Crippen molar-refractivity contribution in [3.8, 4) is 11.5 Å². The lowest BCUT2D eigenvalue weighted by Gasteiger charge is -2.05. The van der Waals surface area contributed by atoms with Gasteiger partial charge in [0.2, 0.25) is 11.8 Å². The van der Waals surface area contributed by atoms with Crippen molar-refractivity contribution < 1.29 is 13.6 Å². The fourth-order valence-corrected chi connectivity index (χ4v) is 2.25. The van der Waals surface area contributed by atoms with Crippen LogP contribution in [0.5, 0.6) is 0 Å². The molecule has 0 radical (unpaired) electrons. The topological polar surface area (TPSA) is 68.0 Å². The van der Waals surface area contributed by atoms with E-state index < -0.39 is 0 Å². The molecule has 0 aliphatic carbocycles. The fraction of sp³-hybridized carbons (Fsp3) is 0.400. The third-order valence-corrected chi connectivity index (χ3v) is 3.69. The Hall–Kier alpha value is -1.89. The molecule has 2 aromatic rings. The summed E-state index contributed by atoms with van der Waals surface area (Å²) in [6.07, 6.45) is 0.950. The average molecular weight is 323 g/mol. The first-order chi connectivity index (χ1) is 10.5. The van der Waals surface area contributed by atoms with Crippen LogP contribution in [0.1, 0.15) is 20.3 Å². The van der Waals surface area contributed by atoms with Gasteiger partial charge >= 0.3 is 0 Å². The number of carbonyl (C=O) groups is 1. The second-order valence-electron chi connectivity index (χ2n) is 5.20. The van der Waals surface area contributed by atoms with E-state index in [9.17, 15) is 9.18 Å². The van der Waals surface area contributed by atoms with Gasteiger partial charge in [-0.3, -0.25) is 4.79 Å². The zero-order valence-electron chi connectivity index (χ0n) is 12.5. The number of carbonyl (C=O) groups excluding carboxylic acids is 1. The van der Waals surface area contributed by atoms with Crippen molar-refractivity contribution in [1.29, 1.82) is 0 Å². The summed E-state index contributed by atoms with van der Waals surface area (Å²) in [5.41, 5.74) is 0.641. The smallest absolute Gasteiger partial charge is 0.277 e. The first-order valence-corrected chi connectivity index (χ1v) is 8.02. The van der Waals surface area contributed by atoms with Crippen LogP contribution < -0.4 is 5.32 Å². The van der Waals surface area contributed by atoms with Crippen LogP contribution in [0.2, 0.25) is 0 Å². The third kappa shape index (κ3) is 5.14. The van der Waals surface area contributed by atoms with Crippen molar-refractivity contribution in [2.45, 2.75) is 25.5 Å². The molecule has 2 rings (SSSR count). The summed E-state index contributed by atoms with van der Waals surface area (Å²) in [6, 6.07) is 5.79. The van der Waals surface area contributed by atoms with Crippen LogP contribution in [-0.2, 0) is 4.79 Å². The molecule has 118 valence electrons. The Morgan fingerprint density at radius 2 is 2.05 bits per heavy atom. The molecule has 1 heterocycles. The van der Waals surface area contributed by atoms with Gasteiger partial charge < -0.3 is 9.73 Å². The van der Waals surface area contributed by atoms with E-state index in [1.807, 2.05) is 0 Å². The molecule has 0 aliphatic rings. The maximum atomic E-state index is 12.9. The second kappa shape index (κ2) is 7.93. The molecule has 1 aromatic carbocycles. The van der Waals surface area contributed by atoms with Gasteiger partial charge in [-0.05, 0) is 36.6 Å². The molecule has 0 bridgehead atoms. The monoisotopic (exact) mass is 323 g/mol. The Kier molecular flexibility index (Phi) is 5.94. The molecular weight excluding hydrogens is 305 g/mol. The zero-order chi connectivity index (χ0) is 15.9. The van der Waals surface area contributed by atoms with Gasteiger partial charge in [-0.1, -0.05) is 25.6 Å². The SMILES string of the molecule is CC(C)CCNC(=O)CSc1nnc(-c2ccc(F)cc2)o1. The van der Waals surface area contributed by atoms with Crippen molar-refractivity contribution in [2.75, 3.05) is 12.3 Å². The lowest BCUT2D eigenvalue weighted by atomic mass is 10.1. The lowest BCUT2D eigenvalue weighted by Crippen LogP contribution is -2.26. The molecule has 0 aliphatic heterocycles. The summed E-state index contributed by atoms with van der Waals surface area (Å²) in [6.45, 7) is 4.88. The Balaban J connectivity index is 1.82. The lowest BCUT2D eigenvalue weighted by molar-refractivity contribution is -0.118. The second-order valence-corrected chi connectivity index (χ2v) is 6.13. The minimum Gasteiger partial charge on any atom is -0.411 e. The highest BCUT2D eigenvalue weighted by Gasteiger charge is 2.11. The van der Waals surface area contributed by atoms with Gasteiger partial charge in [-0.2, -0.15) is 0 Å². The van der Waals surface area contributed by atoms with Gasteiger partial charge in [0.15, 0.2) is 0 Å². The minimum absolute atomic E-state index is 0.0628. The number of hydrogen-bond donors (Lipinski definition) is 1. The number of hydrogen-bond acceptors (Lipinski definition) is 5. The van der Waals surface area contributed by atoms with Crippen LogP contribution in [-0.4, -0.2) is 28.4 Å². The summed E-state index contributed by atoms with van der Waals surface area (Å²) in [4.78, 5) is 11.6. The summed E-state index contributed by atoms with van der Waals surface area (Å²) in [5, 5.41) is 10.9. The number of amides is 1. The first-order valence-electron chi connectivity index (χ1n) is 7.03. The standard InChI is InChI=1S/C15H18FN3O2S/c1-10(2)7-8-17-13(20)9-22-15-19-18-14(21-15)11-3-5-12(16)6-4-11/h3-6,10H,7-9H2,1-2H3,(H,17,20). The average Bonchev–Trinajstić information content (AvgIpc) is 2.94. The molecule has 1 amide bonds. The molecule has 7 heteroatoms.